The first-order chi connectivity index (χ1) is 7.06. The quantitative estimate of drug-likeness (QED) is 0.354. The van der Waals surface area contributed by atoms with Crippen molar-refractivity contribution < 1.29 is 0 Å². The van der Waals surface area contributed by atoms with Crippen molar-refractivity contribution in [2.75, 3.05) is 0 Å². The third-order valence-corrected chi connectivity index (χ3v) is 2.70. The summed E-state index contributed by atoms with van der Waals surface area (Å²) in [5.74, 6) is 0. The van der Waals surface area contributed by atoms with Gasteiger partial charge in [-0.2, -0.15) is 0 Å². The van der Waals surface area contributed by atoms with Crippen molar-refractivity contribution in [3.63, 3.8) is 0 Å². The van der Waals surface area contributed by atoms with Crippen LogP contribution in [0.5, 0.6) is 0 Å². The highest BCUT2D eigenvalue weighted by molar-refractivity contribution is 4.83. The van der Waals surface area contributed by atoms with E-state index in [4.69, 9.17) is 0 Å². The maximum absolute atomic E-state index is 2.37. The maximum Gasteiger partial charge on any atom is -0.0346 e. The smallest absolute Gasteiger partial charge is 0.0346 e. The average molecular weight is 210 g/mol. The molecule has 0 nitrogen and oxygen atoms in total. The van der Waals surface area contributed by atoms with Gasteiger partial charge in [0.15, 0.2) is 0 Å². The first kappa shape index (κ1) is 14.7. The molecular formula is C15H30. The average Bonchev–Trinajstić information content (AvgIpc) is 2.14. The molecule has 0 unspecified atom stereocenters. The van der Waals surface area contributed by atoms with Gasteiger partial charge in [-0.3, -0.25) is 0 Å². The molecule has 90 valence electrons. The Bertz CT molecular complexity index is 148. The summed E-state index contributed by atoms with van der Waals surface area (Å²) in [5, 5.41) is 0. The van der Waals surface area contributed by atoms with E-state index in [1.807, 2.05) is 0 Å². The zero-order valence-electron chi connectivity index (χ0n) is 11.3. The Kier molecular flexibility index (Phi) is 8.85. The molecule has 0 saturated heterocycles. The fourth-order valence-corrected chi connectivity index (χ4v) is 1.62. The van der Waals surface area contributed by atoms with Gasteiger partial charge in [-0.25, -0.2) is 0 Å². The summed E-state index contributed by atoms with van der Waals surface area (Å²) in [6, 6.07) is 0. The Morgan fingerprint density at radius 1 is 0.800 bits per heavy atom. The first-order valence-electron chi connectivity index (χ1n) is 6.71. The van der Waals surface area contributed by atoms with Crippen LogP contribution in [0.4, 0.5) is 0 Å². The summed E-state index contributed by atoms with van der Waals surface area (Å²) in [4.78, 5) is 0. The van der Waals surface area contributed by atoms with Crippen LogP contribution in [0, 0.1) is 5.41 Å². The zero-order valence-corrected chi connectivity index (χ0v) is 11.3. The highest BCUT2D eigenvalue weighted by atomic mass is 14.1. The SMILES string of the molecule is CCCCCCC/C=C\CCC(C)(C)C. The molecule has 0 heteroatoms. The van der Waals surface area contributed by atoms with Gasteiger partial charge >= 0.3 is 0 Å². The first-order valence-corrected chi connectivity index (χ1v) is 6.71. The van der Waals surface area contributed by atoms with E-state index >= 15 is 0 Å². The number of unbranched alkanes of at least 4 members (excludes halogenated alkanes) is 5. The molecule has 0 rings (SSSR count). The molecule has 0 aromatic rings. The van der Waals surface area contributed by atoms with Gasteiger partial charge in [0.05, 0.1) is 0 Å². The van der Waals surface area contributed by atoms with Crippen LogP contribution in [0.3, 0.4) is 0 Å². The predicted molar refractivity (Wildman–Crippen MR) is 71.2 cm³/mol. The molecule has 0 bridgehead atoms. The van der Waals surface area contributed by atoms with Gasteiger partial charge in [-0.05, 0) is 31.1 Å². The van der Waals surface area contributed by atoms with Crippen LogP contribution in [0.15, 0.2) is 12.2 Å². The molecule has 0 N–H and O–H groups in total. The molecule has 0 radical (unpaired) electrons. The van der Waals surface area contributed by atoms with Crippen molar-refractivity contribution in [2.45, 2.75) is 79.1 Å². The summed E-state index contributed by atoms with van der Waals surface area (Å²) >= 11 is 0. The molecule has 0 aliphatic heterocycles. The lowest BCUT2D eigenvalue weighted by Crippen LogP contribution is -2.02. The molecule has 0 aliphatic carbocycles. The minimum Gasteiger partial charge on any atom is -0.0885 e. The topological polar surface area (TPSA) is 0 Å². The van der Waals surface area contributed by atoms with Crippen LogP contribution in [-0.2, 0) is 0 Å². The highest BCUT2D eigenvalue weighted by Gasteiger charge is 2.07. The van der Waals surface area contributed by atoms with Crippen LogP contribution < -0.4 is 0 Å². The summed E-state index contributed by atoms with van der Waals surface area (Å²) in [6.45, 7) is 9.20. The van der Waals surface area contributed by atoms with E-state index < -0.39 is 0 Å². The molecule has 0 saturated carbocycles. The maximum atomic E-state index is 2.37. The Hall–Kier alpha value is -0.260. The van der Waals surface area contributed by atoms with Crippen LogP contribution in [0.2, 0.25) is 0 Å². The van der Waals surface area contributed by atoms with Crippen LogP contribution >= 0.6 is 0 Å². The van der Waals surface area contributed by atoms with E-state index in [-0.39, 0.29) is 0 Å². The molecule has 0 aromatic heterocycles. The van der Waals surface area contributed by atoms with Crippen molar-refractivity contribution in [3.05, 3.63) is 12.2 Å². The van der Waals surface area contributed by atoms with E-state index in [0.29, 0.717) is 5.41 Å². The fourth-order valence-electron chi connectivity index (χ4n) is 1.62. The van der Waals surface area contributed by atoms with E-state index in [9.17, 15) is 0 Å². The third-order valence-electron chi connectivity index (χ3n) is 2.70. The van der Waals surface area contributed by atoms with E-state index in [2.05, 4.69) is 39.8 Å². The van der Waals surface area contributed by atoms with Crippen molar-refractivity contribution >= 4 is 0 Å². The molecule has 0 spiro atoms. The molecule has 0 fully saturated rings. The zero-order chi connectivity index (χ0) is 11.6. The van der Waals surface area contributed by atoms with Crippen molar-refractivity contribution in [3.8, 4) is 0 Å². The monoisotopic (exact) mass is 210 g/mol. The van der Waals surface area contributed by atoms with Crippen LogP contribution in [0.1, 0.15) is 79.1 Å². The summed E-state index contributed by atoms with van der Waals surface area (Å²) in [6.07, 6.45) is 15.6. The van der Waals surface area contributed by atoms with Gasteiger partial charge in [0, 0.05) is 0 Å². The second-order valence-electron chi connectivity index (χ2n) is 5.77. The van der Waals surface area contributed by atoms with Gasteiger partial charge in [0.2, 0.25) is 0 Å². The highest BCUT2D eigenvalue weighted by Crippen LogP contribution is 2.20. The predicted octanol–water partition coefficient (Wildman–Crippen LogP) is 5.73. The van der Waals surface area contributed by atoms with Crippen molar-refractivity contribution in [2.24, 2.45) is 5.41 Å². The molecule has 0 aliphatic rings. The van der Waals surface area contributed by atoms with E-state index in [0.717, 1.165) is 0 Å². The lowest BCUT2D eigenvalue weighted by Gasteiger charge is -2.15. The molecule has 0 atom stereocenters. The summed E-state index contributed by atoms with van der Waals surface area (Å²) in [5.41, 5.74) is 0.492. The van der Waals surface area contributed by atoms with Gasteiger partial charge in [0.1, 0.15) is 0 Å². The standard InChI is InChI=1S/C15H30/c1-5-6-7-8-9-10-11-12-13-14-15(2,3)4/h11-12H,5-10,13-14H2,1-4H3/b12-11-. The largest absolute Gasteiger partial charge is 0.0885 e. The van der Waals surface area contributed by atoms with Gasteiger partial charge < -0.3 is 0 Å². The fraction of sp³-hybridized carbons (Fsp3) is 0.867. The minimum atomic E-state index is 0.492. The lowest BCUT2D eigenvalue weighted by molar-refractivity contribution is 0.381. The lowest BCUT2D eigenvalue weighted by atomic mass is 9.90. The number of hydrogen-bond acceptors (Lipinski definition) is 0. The van der Waals surface area contributed by atoms with Crippen LogP contribution in [0.25, 0.3) is 0 Å². The Morgan fingerprint density at radius 3 is 2.00 bits per heavy atom. The van der Waals surface area contributed by atoms with Crippen molar-refractivity contribution in [1.82, 2.24) is 0 Å². The molecule has 0 amide bonds. The summed E-state index contributed by atoms with van der Waals surface area (Å²) < 4.78 is 0. The third kappa shape index (κ3) is 13.7. The molecular weight excluding hydrogens is 180 g/mol. The number of allylic oxidation sites excluding steroid dienone is 2. The van der Waals surface area contributed by atoms with Gasteiger partial charge in [-0.1, -0.05) is 65.5 Å². The molecule has 15 heavy (non-hydrogen) atoms. The Balaban J connectivity index is 3.18. The second kappa shape index (κ2) is 9.00. The number of rotatable bonds is 8. The van der Waals surface area contributed by atoms with E-state index in [1.54, 1.807) is 0 Å². The number of hydrogen-bond donors (Lipinski definition) is 0. The normalized spacial score (nSPS) is 12.5. The van der Waals surface area contributed by atoms with Crippen molar-refractivity contribution in [1.29, 1.82) is 0 Å². The minimum absolute atomic E-state index is 0.492. The van der Waals surface area contributed by atoms with Crippen LogP contribution in [-0.4, -0.2) is 0 Å². The second-order valence-corrected chi connectivity index (χ2v) is 5.77. The Labute approximate surface area is 97.2 Å². The molecule has 0 aromatic carbocycles. The van der Waals surface area contributed by atoms with Gasteiger partial charge in [-0.15, -0.1) is 0 Å². The Morgan fingerprint density at radius 2 is 1.40 bits per heavy atom. The van der Waals surface area contributed by atoms with E-state index in [1.165, 1.54) is 51.4 Å². The summed E-state index contributed by atoms with van der Waals surface area (Å²) in [7, 11) is 0. The van der Waals surface area contributed by atoms with Gasteiger partial charge in [0.25, 0.3) is 0 Å². The molecule has 0 heterocycles.